The van der Waals surface area contributed by atoms with Crippen LogP contribution in [0.15, 0.2) is 16.9 Å². The molecule has 0 aliphatic rings. The smallest absolute Gasteiger partial charge is 0.310 e. The molecular weight excluding hydrogens is 158 g/mol. The van der Waals surface area contributed by atoms with E-state index >= 15 is 0 Å². The second kappa shape index (κ2) is 6.24. The summed E-state index contributed by atoms with van der Waals surface area (Å²) in [5.74, 6) is -0.377. The molecule has 5 nitrogen and oxygen atoms in total. The number of nitrogens with zero attached hydrogens (tertiary/aromatic N) is 3. The number of esters is 1. The van der Waals surface area contributed by atoms with Crippen LogP contribution < -0.4 is 0 Å². The number of hydrogen-bond acceptors (Lipinski definition) is 3. The Morgan fingerprint density at radius 1 is 1.75 bits per heavy atom. The number of allylic oxidation sites excluding steroid dienone is 1. The minimum absolute atomic E-state index is 0.0361. The largest absolute Gasteiger partial charge is 0.466 e. The van der Waals surface area contributed by atoms with Gasteiger partial charge in [-0.3, -0.25) is 4.79 Å². The van der Waals surface area contributed by atoms with E-state index in [1.807, 2.05) is 0 Å². The lowest BCUT2D eigenvalue weighted by Gasteiger charge is -1.99. The Hall–Kier alpha value is -1.48. The number of ether oxygens (including phenoxy) is 1. The molecule has 0 radical (unpaired) electrons. The molecule has 0 aromatic rings. The molecule has 0 aliphatic carbocycles. The van der Waals surface area contributed by atoms with E-state index in [0.717, 1.165) is 0 Å². The summed E-state index contributed by atoms with van der Waals surface area (Å²) in [6.07, 6.45) is 1.62. The van der Waals surface area contributed by atoms with Crippen LogP contribution in [0, 0.1) is 0 Å². The first-order valence-corrected chi connectivity index (χ1v) is 3.60. The van der Waals surface area contributed by atoms with Gasteiger partial charge in [-0.15, -0.1) is 0 Å². The molecule has 0 amide bonds. The first-order valence-electron chi connectivity index (χ1n) is 3.60. The fourth-order valence-corrected chi connectivity index (χ4v) is 0.612. The molecule has 0 saturated carbocycles. The van der Waals surface area contributed by atoms with Crippen LogP contribution in [0.5, 0.6) is 0 Å². The molecule has 0 aromatic carbocycles. The highest BCUT2D eigenvalue weighted by Crippen LogP contribution is 2.04. The van der Waals surface area contributed by atoms with Crippen molar-refractivity contribution in [3.63, 3.8) is 0 Å². The Morgan fingerprint density at radius 2 is 2.42 bits per heavy atom. The van der Waals surface area contributed by atoms with E-state index in [4.69, 9.17) is 5.53 Å². The van der Waals surface area contributed by atoms with Crippen molar-refractivity contribution in [1.82, 2.24) is 0 Å². The monoisotopic (exact) mass is 169 g/mol. The van der Waals surface area contributed by atoms with Gasteiger partial charge in [0.15, 0.2) is 0 Å². The van der Waals surface area contributed by atoms with Crippen LogP contribution in [0.2, 0.25) is 0 Å². The second-order valence-electron chi connectivity index (χ2n) is 1.95. The van der Waals surface area contributed by atoms with E-state index in [0.29, 0.717) is 12.3 Å². The maximum atomic E-state index is 10.8. The first kappa shape index (κ1) is 10.5. The maximum absolute atomic E-state index is 10.8. The Labute approximate surface area is 70.6 Å². The van der Waals surface area contributed by atoms with Crippen LogP contribution in [0.4, 0.5) is 0 Å². The van der Waals surface area contributed by atoms with E-state index in [1.165, 1.54) is 0 Å². The third-order valence-corrected chi connectivity index (χ3v) is 1.14. The first-order chi connectivity index (χ1) is 5.74. The summed E-state index contributed by atoms with van der Waals surface area (Å²) in [5, 5.41) is 3.31. The molecule has 0 aromatic heterocycles. The quantitative estimate of drug-likeness (QED) is 0.280. The van der Waals surface area contributed by atoms with Crippen molar-refractivity contribution >= 4 is 5.97 Å². The van der Waals surface area contributed by atoms with E-state index in [-0.39, 0.29) is 12.4 Å². The molecule has 12 heavy (non-hydrogen) atoms. The summed E-state index contributed by atoms with van der Waals surface area (Å²) < 4.78 is 4.66. The molecule has 0 rings (SSSR count). The Morgan fingerprint density at radius 3 is 2.83 bits per heavy atom. The zero-order valence-electron chi connectivity index (χ0n) is 7.15. The topological polar surface area (TPSA) is 75.1 Å². The minimum atomic E-state index is -0.377. The second-order valence-corrected chi connectivity index (χ2v) is 1.95. The number of carbonyl (C=O) groups excluding carboxylic acids is 1. The van der Waals surface area contributed by atoms with Gasteiger partial charge in [0.25, 0.3) is 0 Å². The fourth-order valence-electron chi connectivity index (χ4n) is 0.612. The van der Waals surface area contributed by atoms with Gasteiger partial charge in [-0.25, -0.2) is 0 Å². The zero-order valence-corrected chi connectivity index (χ0v) is 7.15. The van der Waals surface area contributed by atoms with Crippen LogP contribution in [-0.4, -0.2) is 12.6 Å². The molecule has 0 spiro atoms. The predicted molar refractivity (Wildman–Crippen MR) is 44.2 cm³/mol. The molecule has 0 saturated heterocycles. The number of azide groups is 1. The van der Waals surface area contributed by atoms with Gasteiger partial charge < -0.3 is 4.74 Å². The highest BCUT2D eigenvalue weighted by molar-refractivity contribution is 5.72. The molecule has 0 bridgehead atoms. The lowest BCUT2D eigenvalue weighted by atomic mass is 10.3. The average molecular weight is 169 g/mol. The van der Waals surface area contributed by atoms with E-state index in [9.17, 15) is 4.79 Å². The van der Waals surface area contributed by atoms with E-state index in [2.05, 4.69) is 14.8 Å². The standard InChI is InChI=1S/C7H11N3O2/c1-3-6(9-10-8)5-7(11)12-4-2/h3H,4-5H2,1-2H3/b6-3+. The molecular formula is C7H11N3O2. The van der Waals surface area contributed by atoms with Gasteiger partial charge in [-0.1, -0.05) is 11.2 Å². The Kier molecular flexibility index (Phi) is 5.47. The van der Waals surface area contributed by atoms with Gasteiger partial charge in [-0.2, -0.15) is 0 Å². The van der Waals surface area contributed by atoms with Gasteiger partial charge in [-0.05, 0) is 19.4 Å². The Balaban J connectivity index is 4.04. The minimum Gasteiger partial charge on any atom is -0.466 e. The average Bonchev–Trinajstić information content (AvgIpc) is 2.04. The summed E-state index contributed by atoms with van der Waals surface area (Å²) in [4.78, 5) is 13.4. The van der Waals surface area contributed by atoms with Crippen molar-refractivity contribution in [2.45, 2.75) is 20.3 Å². The number of carbonyl (C=O) groups is 1. The summed E-state index contributed by atoms with van der Waals surface area (Å²) in [6, 6.07) is 0. The van der Waals surface area contributed by atoms with Crippen LogP contribution >= 0.6 is 0 Å². The molecule has 0 fully saturated rings. The zero-order chi connectivity index (χ0) is 9.40. The molecule has 66 valence electrons. The third-order valence-electron chi connectivity index (χ3n) is 1.14. The van der Waals surface area contributed by atoms with Crippen molar-refractivity contribution in [1.29, 1.82) is 0 Å². The van der Waals surface area contributed by atoms with Crippen molar-refractivity contribution in [2.24, 2.45) is 5.11 Å². The summed E-state index contributed by atoms with van der Waals surface area (Å²) in [5.41, 5.74) is 8.46. The summed E-state index contributed by atoms with van der Waals surface area (Å²) in [7, 11) is 0. The highest BCUT2D eigenvalue weighted by Gasteiger charge is 2.03. The molecule has 5 heteroatoms. The van der Waals surface area contributed by atoms with Gasteiger partial charge >= 0.3 is 5.97 Å². The predicted octanol–water partition coefficient (Wildman–Crippen LogP) is 2.15. The van der Waals surface area contributed by atoms with Crippen molar-refractivity contribution in [2.75, 3.05) is 6.61 Å². The molecule has 0 N–H and O–H groups in total. The fraction of sp³-hybridized carbons (Fsp3) is 0.571. The van der Waals surface area contributed by atoms with Crippen LogP contribution in [0.1, 0.15) is 20.3 Å². The van der Waals surface area contributed by atoms with Crippen molar-refractivity contribution < 1.29 is 9.53 Å². The maximum Gasteiger partial charge on any atom is 0.310 e. The van der Waals surface area contributed by atoms with Crippen LogP contribution in [0.25, 0.3) is 10.4 Å². The SMILES string of the molecule is C/C=C(\CC(=O)OCC)N=[N+]=[N-]. The van der Waals surface area contributed by atoms with E-state index in [1.54, 1.807) is 19.9 Å². The van der Waals surface area contributed by atoms with Gasteiger partial charge in [0.1, 0.15) is 0 Å². The molecule has 0 aliphatic heterocycles. The number of hydrogen-bond donors (Lipinski definition) is 0. The van der Waals surface area contributed by atoms with Gasteiger partial charge in [0.2, 0.25) is 0 Å². The highest BCUT2D eigenvalue weighted by atomic mass is 16.5. The lowest BCUT2D eigenvalue weighted by molar-refractivity contribution is -0.142. The van der Waals surface area contributed by atoms with E-state index < -0.39 is 0 Å². The number of rotatable bonds is 4. The molecule has 0 unspecified atom stereocenters. The van der Waals surface area contributed by atoms with Gasteiger partial charge in [0, 0.05) is 10.6 Å². The lowest BCUT2D eigenvalue weighted by Crippen LogP contribution is -2.03. The third kappa shape index (κ3) is 4.35. The Bertz CT molecular complexity index is 229. The van der Waals surface area contributed by atoms with Crippen molar-refractivity contribution in [3.05, 3.63) is 22.2 Å². The van der Waals surface area contributed by atoms with Gasteiger partial charge in [0.05, 0.1) is 13.0 Å². The summed E-state index contributed by atoms with van der Waals surface area (Å²) in [6.45, 7) is 3.76. The summed E-state index contributed by atoms with van der Waals surface area (Å²) >= 11 is 0. The van der Waals surface area contributed by atoms with Crippen molar-refractivity contribution in [3.8, 4) is 0 Å². The van der Waals surface area contributed by atoms with Crippen LogP contribution in [-0.2, 0) is 9.53 Å². The normalized spacial score (nSPS) is 10.3. The van der Waals surface area contributed by atoms with Crippen LogP contribution in [0.3, 0.4) is 0 Å². The molecule has 0 heterocycles. The molecule has 0 atom stereocenters.